The monoisotopic (exact) mass is 395 g/mol. The SMILES string of the molecule is Oc1c([C@H](Nc2ccccn2)c2ccc(Cl)cc2Cl)ccc2cccnc12. The second-order valence-corrected chi connectivity index (χ2v) is 6.88. The molecule has 0 aliphatic heterocycles. The number of pyridine rings is 2. The summed E-state index contributed by atoms with van der Waals surface area (Å²) in [5.41, 5.74) is 1.96. The predicted octanol–water partition coefficient (Wildman–Crippen LogP) is 5.84. The number of nitrogens with one attached hydrogen (secondary N) is 1. The van der Waals surface area contributed by atoms with Gasteiger partial charge in [0.1, 0.15) is 17.1 Å². The molecule has 4 aromatic rings. The van der Waals surface area contributed by atoms with Crippen molar-refractivity contribution < 1.29 is 5.11 Å². The molecule has 2 heterocycles. The lowest BCUT2D eigenvalue weighted by atomic mass is 9.96. The van der Waals surface area contributed by atoms with Crippen molar-refractivity contribution in [1.82, 2.24) is 9.97 Å². The number of hydrogen-bond acceptors (Lipinski definition) is 4. The van der Waals surface area contributed by atoms with Crippen LogP contribution in [0.5, 0.6) is 5.75 Å². The van der Waals surface area contributed by atoms with Crippen LogP contribution in [0.25, 0.3) is 10.9 Å². The van der Waals surface area contributed by atoms with Gasteiger partial charge in [0, 0.05) is 33.4 Å². The highest BCUT2D eigenvalue weighted by Crippen LogP contribution is 2.39. The second kappa shape index (κ2) is 7.43. The minimum absolute atomic E-state index is 0.104. The zero-order chi connectivity index (χ0) is 18.8. The van der Waals surface area contributed by atoms with Gasteiger partial charge in [0.15, 0.2) is 0 Å². The van der Waals surface area contributed by atoms with Crippen LogP contribution >= 0.6 is 23.2 Å². The van der Waals surface area contributed by atoms with Crippen LogP contribution in [-0.4, -0.2) is 15.1 Å². The van der Waals surface area contributed by atoms with Gasteiger partial charge in [0.05, 0.1) is 6.04 Å². The fraction of sp³-hybridized carbons (Fsp3) is 0.0476. The number of halogens is 2. The van der Waals surface area contributed by atoms with Gasteiger partial charge in [-0.3, -0.25) is 4.98 Å². The summed E-state index contributed by atoms with van der Waals surface area (Å²) in [7, 11) is 0. The van der Waals surface area contributed by atoms with Crippen molar-refractivity contribution in [2.45, 2.75) is 6.04 Å². The Hall–Kier alpha value is -2.82. The lowest BCUT2D eigenvalue weighted by Gasteiger charge is -2.23. The summed E-state index contributed by atoms with van der Waals surface area (Å²) >= 11 is 12.5. The summed E-state index contributed by atoms with van der Waals surface area (Å²) in [6, 6.07) is 18.0. The zero-order valence-corrected chi connectivity index (χ0v) is 15.6. The smallest absolute Gasteiger partial charge is 0.147 e. The van der Waals surface area contributed by atoms with Crippen molar-refractivity contribution in [3.63, 3.8) is 0 Å². The van der Waals surface area contributed by atoms with E-state index in [1.54, 1.807) is 24.5 Å². The van der Waals surface area contributed by atoms with Crippen molar-refractivity contribution in [3.05, 3.63) is 94.2 Å². The average Bonchev–Trinajstić information content (AvgIpc) is 2.68. The van der Waals surface area contributed by atoms with E-state index in [1.807, 2.05) is 48.5 Å². The molecular formula is C21H15Cl2N3O. The molecule has 6 heteroatoms. The highest BCUT2D eigenvalue weighted by Gasteiger charge is 2.22. The molecular weight excluding hydrogens is 381 g/mol. The van der Waals surface area contributed by atoms with Crippen LogP contribution in [-0.2, 0) is 0 Å². The minimum atomic E-state index is -0.434. The van der Waals surface area contributed by atoms with E-state index in [0.29, 0.717) is 26.9 Å². The molecule has 0 radical (unpaired) electrons. The Morgan fingerprint density at radius 3 is 2.44 bits per heavy atom. The first-order valence-corrected chi connectivity index (χ1v) is 9.08. The number of benzene rings is 2. The molecule has 0 spiro atoms. The van der Waals surface area contributed by atoms with Gasteiger partial charge in [-0.2, -0.15) is 0 Å². The molecule has 0 aliphatic rings. The average molecular weight is 396 g/mol. The lowest BCUT2D eigenvalue weighted by Crippen LogP contribution is -2.14. The van der Waals surface area contributed by atoms with Gasteiger partial charge in [-0.25, -0.2) is 4.98 Å². The minimum Gasteiger partial charge on any atom is -0.505 e. The summed E-state index contributed by atoms with van der Waals surface area (Å²) in [6.45, 7) is 0. The van der Waals surface area contributed by atoms with Crippen molar-refractivity contribution in [1.29, 1.82) is 0 Å². The molecule has 1 atom stereocenters. The normalized spacial score (nSPS) is 12.1. The van der Waals surface area contributed by atoms with E-state index in [9.17, 15) is 5.11 Å². The Morgan fingerprint density at radius 1 is 0.852 bits per heavy atom. The number of aromatic nitrogens is 2. The number of fused-ring (bicyclic) bond motifs is 1. The van der Waals surface area contributed by atoms with E-state index in [1.165, 1.54) is 0 Å². The summed E-state index contributed by atoms with van der Waals surface area (Å²) in [4.78, 5) is 8.64. The number of aromatic hydroxyl groups is 1. The van der Waals surface area contributed by atoms with Gasteiger partial charge in [-0.1, -0.05) is 53.5 Å². The van der Waals surface area contributed by atoms with Crippen molar-refractivity contribution in [2.75, 3.05) is 5.32 Å². The van der Waals surface area contributed by atoms with Gasteiger partial charge in [0.2, 0.25) is 0 Å². The quantitative estimate of drug-likeness (QED) is 0.455. The van der Waals surface area contributed by atoms with E-state index >= 15 is 0 Å². The molecule has 0 amide bonds. The molecule has 4 rings (SSSR count). The molecule has 2 aromatic heterocycles. The standard InChI is InChI=1S/C21H15Cl2N3O/c22-14-7-9-15(17(23)12-14)20(26-18-5-1-2-10-24-18)16-8-6-13-4-3-11-25-19(13)21(16)27/h1-12,20,27H,(H,24,26)/t20-/m1/s1. The first kappa shape index (κ1) is 17.6. The van der Waals surface area contributed by atoms with Crippen LogP contribution in [0.2, 0.25) is 10.0 Å². The van der Waals surface area contributed by atoms with E-state index in [0.717, 1.165) is 10.9 Å². The van der Waals surface area contributed by atoms with Gasteiger partial charge in [0.25, 0.3) is 0 Å². The molecule has 0 aliphatic carbocycles. The third-order valence-electron chi connectivity index (χ3n) is 4.32. The molecule has 27 heavy (non-hydrogen) atoms. The van der Waals surface area contributed by atoms with E-state index in [-0.39, 0.29) is 5.75 Å². The Morgan fingerprint density at radius 2 is 1.67 bits per heavy atom. The molecule has 2 aromatic carbocycles. The fourth-order valence-electron chi connectivity index (χ4n) is 3.03. The number of rotatable bonds is 4. The molecule has 0 saturated heterocycles. The van der Waals surface area contributed by atoms with Crippen LogP contribution in [0.1, 0.15) is 17.2 Å². The molecule has 2 N–H and O–H groups in total. The van der Waals surface area contributed by atoms with Gasteiger partial charge >= 0.3 is 0 Å². The fourth-order valence-corrected chi connectivity index (χ4v) is 3.55. The Labute approximate surface area is 166 Å². The molecule has 0 saturated carbocycles. The lowest BCUT2D eigenvalue weighted by molar-refractivity contribution is 0.471. The highest BCUT2D eigenvalue weighted by atomic mass is 35.5. The topological polar surface area (TPSA) is 58.0 Å². The summed E-state index contributed by atoms with van der Waals surface area (Å²) in [5, 5.41) is 16.2. The number of anilines is 1. The number of phenolic OH excluding ortho intramolecular Hbond substituents is 1. The zero-order valence-electron chi connectivity index (χ0n) is 14.1. The maximum Gasteiger partial charge on any atom is 0.147 e. The molecule has 0 bridgehead atoms. The Kier molecular flexibility index (Phi) is 4.84. The molecule has 0 fully saturated rings. The van der Waals surface area contributed by atoms with Crippen molar-refractivity contribution in [3.8, 4) is 5.75 Å². The van der Waals surface area contributed by atoms with E-state index in [4.69, 9.17) is 23.2 Å². The predicted molar refractivity (Wildman–Crippen MR) is 110 cm³/mol. The largest absolute Gasteiger partial charge is 0.505 e. The molecule has 4 nitrogen and oxygen atoms in total. The van der Waals surface area contributed by atoms with Gasteiger partial charge < -0.3 is 10.4 Å². The van der Waals surface area contributed by atoms with Gasteiger partial charge in [-0.05, 0) is 35.9 Å². The Balaban J connectivity index is 1.88. The van der Waals surface area contributed by atoms with Gasteiger partial charge in [-0.15, -0.1) is 0 Å². The number of phenols is 1. The summed E-state index contributed by atoms with van der Waals surface area (Å²) in [5.74, 6) is 0.765. The third kappa shape index (κ3) is 3.54. The Bertz CT molecular complexity index is 1100. The second-order valence-electron chi connectivity index (χ2n) is 6.04. The summed E-state index contributed by atoms with van der Waals surface area (Å²) in [6.07, 6.45) is 3.35. The maximum absolute atomic E-state index is 10.9. The summed E-state index contributed by atoms with van der Waals surface area (Å²) < 4.78 is 0. The van der Waals surface area contributed by atoms with Crippen LogP contribution in [0.15, 0.2) is 73.1 Å². The maximum atomic E-state index is 10.9. The van der Waals surface area contributed by atoms with Crippen LogP contribution in [0.3, 0.4) is 0 Å². The molecule has 0 unspecified atom stereocenters. The number of nitrogens with zero attached hydrogens (tertiary/aromatic N) is 2. The van der Waals surface area contributed by atoms with Crippen LogP contribution in [0, 0.1) is 0 Å². The highest BCUT2D eigenvalue weighted by molar-refractivity contribution is 6.35. The van der Waals surface area contributed by atoms with E-state index in [2.05, 4.69) is 15.3 Å². The number of hydrogen-bond donors (Lipinski definition) is 2. The first-order chi connectivity index (χ1) is 13.1. The van der Waals surface area contributed by atoms with E-state index < -0.39 is 6.04 Å². The van der Waals surface area contributed by atoms with Crippen LogP contribution < -0.4 is 5.32 Å². The van der Waals surface area contributed by atoms with Crippen LogP contribution in [0.4, 0.5) is 5.82 Å². The van der Waals surface area contributed by atoms with Crippen molar-refractivity contribution >= 4 is 39.9 Å². The molecule has 134 valence electrons. The van der Waals surface area contributed by atoms with Crippen molar-refractivity contribution in [2.24, 2.45) is 0 Å². The third-order valence-corrected chi connectivity index (χ3v) is 4.88. The first-order valence-electron chi connectivity index (χ1n) is 8.32.